The molecule has 0 bridgehead atoms. The highest BCUT2D eigenvalue weighted by molar-refractivity contribution is 5.87. The predicted molar refractivity (Wildman–Crippen MR) is 124 cm³/mol. The van der Waals surface area contributed by atoms with Crippen LogP contribution in [0.4, 0.5) is 0 Å². The Hall–Kier alpha value is -3.92. The lowest BCUT2D eigenvalue weighted by molar-refractivity contribution is -0.137. The summed E-state index contributed by atoms with van der Waals surface area (Å²) in [5.74, 6) is 2.18. The molecule has 2 atom stereocenters. The smallest absolute Gasteiger partial charge is 0.267 e. The molecular formula is C24H26N6O4. The van der Waals surface area contributed by atoms with Gasteiger partial charge in [0.05, 0.1) is 19.3 Å². The molecule has 2 unspecified atom stereocenters. The molecular weight excluding hydrogens is 436 g/mol. The van der Waals surface area contributed by atoms with Crippen molar-refractivity contribution in [1.82, 2.24) is 25.6 Å². The molecule has 2 aliphatic heterocycles. The van der Waals surface area contributed by atoms with Gasteiger partial charge < -0.3 is 14.0 Å². The molecule has 2 aromatic carbocycles. The van der Waals surface area contributed by atoms with Gasteiger partial charge in [0.1, 0.15) is 30.4 Å². The number of nitrogens with zero attached hydrogens (tertiary/aromatic N) is 5. The molecule has 1 amide bonds. The summed E-state index contributed by atoms with van der Waals surface area (Å²) in [5, 5.41) is 11.5. The van der Waals surface area contributed by atoms with E-state index in [2.05, 4.69) is 20.7 Å². The lowest BCUT2D eigenvalue weighted by atomic mass is 10.0. The van der Waals surface area contributed by atoms with Crippen LogP contribution in [-0.4, -0.2) is 51.7 Å². The summed E-state index contributed by atoms with van der Waals surface area (Å²) in [6.45, 7) is 5.18. The number of benzene rings is 2. The summed E-state index contributed by atoms with van der Waals surface area (Å²) < 4.78 is 16.4. The van der Waals surface area contributed by atoms with Crippen LogP contribution in [0, 0.1) is 0 Å². The molecule has 1 saturated heterocycles. The highest BCUT2D eigenvalue weighted by Gasteiger charge is 2.41. The number of hydrazine groups is 1. The van der Waals surface area contributed by atoms with Gasteiger partial charge >= 0.3 is 0 Å². The minimum atomic E-state index is -0.362. The van der Waals surface area contributed by atoms with Crippen LogP contribution >= 0.6 is 0 Å². The molecule has 1 fully saturated rings. The Bertz CT molecular complexity index is 1180. The SMILES string of the molecule is CCOc1ccc(C2CC3C(=O)N(Cc4nc(-c5cccc(OCC)c5)no4)N=CN3N2)cc1. The fourth-order valence-electron chi connectivity index (χ4n) is 4.09. The van der Waals surface area contributed by atoms with Gasteiger partial charge in [0.2, 0.25) is 11.7 Å². The Balaban J connectivity index is 1.24. The van der Waals surface area contributed by atoms with Gasteiger partial charge in [-0.1, -0.05) is 29.4 Å². The lowest BCUT2D eigenvalue weighted by Crippen LogP contribution is -2.50. The molecule has 10 nitrogen and oxygen atoms in total. The van der Waals surface area contributed by atoms with Crippen LogP contribution in [0.2, 0.25) is 0 Å². The van der Waals surface area contributed by atoms with Gasteiger partial charge in [0, 0.05) is 5.56 Å². The number of ether oxygens (including phenoxy) is 2. The zero-order chi connectivity index (χ0) is 23.5. The maximum absolute atomic E-state index is 13.1. The van der Waals surface area contributed by atoms with Crippen LogP contribution in [0.3, 0.4) is 0 Å². The number of fused-ring (bicyclic) bond motifs is 1. The fourth-order valence-corrected chi connectivity index (χ4v) is 4.09. The monoisotopic (exact) mass is 462 g/mol. The van der Waals surface area contributed by atoms with Crippen molar-refractivity contribution in [2.24, 2.45) is 5.10 Å². The van der Waals surface area contributed by atoms with E-state index in [4.69, 9.17) is 14.0 Å². The first-order chi connectivity index (χ1) is 16.6. The fraction of sp³-hybridized carbons (Fsp3) is 0.333. The van der Waals surface area contributed by atoms with Crippen molar-refractivity contribution < 1.29 is 18.8 Å². The second kappa shape index (κ2) is 9.52. The number of hydrogen-bond donors (Lipinski definition) is 1. The molecule has 10 heteroatoms. The zero-order valence-corrected chi connectivity index (χ0v) is 19.0. The molecule has 0 radical (unpaired) electrons. The lowest BCUT2D eigenvalue weighted by Gasteiger charge is -2.29. The van der Waals surface area contributed by atoms with Gasteiger partial charge in [-0.05, 0) is 50.1 Å². The average Bonchev–Trinajstić information content (AvgIpc) is 3.50. The maximum atomic E-state index is 13.1. The van der Waals surface area contributed by atoms with E-state index in [1.165, 1.54) is 5.01 Å². The summed E-state index contributed by atoms with van der Waals surface area (Å²) in [6.07, 6.45) is 2.25. The van der Waals surface area contributed by atoms with E-state index in [0.717, 1.165) is 22.6 Å². The predicted octanol–water partition coefficient (Wildman–Crippen LogP) is 3.14. The van der Waals surface area contributed by atoms with Crippen LogP contribution in [0.25, 0.3) is 11.4 Å². The normalized spacial score (nSPS) is 19.4. The molecule has 176 valence electrons. The minimum absolute atomic E-state index is 0.00338. The summed E-state index contributed by atoms with van der Waals surface area (Å²) in [6, 6.07) is 15.0. The number of hydrazone groups is 1. The Morgan fingerprint density at radius 1 is 1.09 bits per heavy atom. The Kier molecular flexibility index (Phi) is 6.13. The number of carbonyl (C=O) groups is 1. The van der Waals surface area contributed by atoms with Crippen molar-refractivity contribution in [3.8, 4) is 22.9 Å². The molecule has 0 spiro atoms. The van der Waals surface area contributed by atoms with Crippen LogP contribution in [0.1, 0.15) is 37.8 Å². The number of amides is 1. The molecule has 0 saturated carbocycles. The number of aromatic nitrogens is 2. The van der Waals surface area contributed by atoms with Crippen LogP contribution in [0.5, 0.6) is 11.5 Å². The van der Waals surface area contributed by atoms with E-state index in [0.29, 0.717) is 31.3 Å². The quantitative estimate of drug-likeness (QED) is 0.544. The highest BCUT2D eigenvalue weighted by atomic mass is 16.5. The molecule has 34 heavy (non-hydrogen) atoms. The number of rotatable bonds is 8. The van der Waals surface area contributed by atoms with Gasteiger partial charge in [-0.2, -0.15) is 10.1 Å². The van der Waals surface area contributed by atoms with Crippen molar-refractivity contribution in [2.75, 3.05) is 13.2 Å². The third-order valence-electron chi connectivity index (χ3n) is 5.70. The molecule has 0 aliphatic carbocycles. The summed E-state index contributed by atoms with van der Waals surface area (Å²) >= 11 is 0. The van der Waals surface area contributed by atoms with E-state index < -0.39 is 0 Å². The van der Waals surface area contributed by atoms with Crippen molar-refractivity contribution in [1.29, 1.82) is 0 Å². The topological polar surface area (TPSA) is 105 Å². The van der Waals surface area contributed by atoms with Crippen molar-refractivity contribution in [3.63, 3.8) is 0 Å². The summed E-state index contributed by atoms with van der Waals surface area (Å²) in [7, 11) is 0. The van der Waals surface area contributed by atoms with E-state index in [1.54, 1.807) is 11.3 Å². The van der Waals surface area contributed by atoms with Crippen molar-refractivity contribution in [2.45, 2.75) is 38.9 Å². The third kappa shape index (κ3) is 4.44. The van der Waals surface area contributed by atoms with Crippen LogP contribution in [0.15, 0.2) is 58.2 Å². The number of hydrogen-bond acceptors (Lipinski definition) is 9. The summed E-state index contributed by atoms with van der Waals surface area (Å²) in [4.78, 5) is 17.6. The first-order valence-corrected chi connectivity index (χ1v) is 11.3. The Labute approximate surface area is 197 Å². The molecule has 3 heterocycles. The standard InChI is InChI=1S/C24H26N6O4/c1-3-32-18-10-8-16(9-11-18)20-13-21-24(31)29(25-15-30(21)27-20)14-22-26-23(28-34-22)17-6-5-7-19(12-17)33-4-2/h5-12,15,20-21,27H,3-4,13-14H2,1-2H3. The van der Waals surface area contributed by atoms with E-state index in [9.17, 15) is 4.79 Å². The molecule has 1 aromatic heterocycles. The maximum Gasteiger partial charge on any atom is 0.267 e. The first-order valence-electron chi connectivity index (χ1n) is 11.3. The Morgan fingerprint density at radius 2 is 1.88 bits per heavy atom. The highest BCUT2D eigenvalue weighted by Crippen LogP contribution is 2.31. The van der Waals surface area contributed by atoms with Crippen LogP contribution < -0.4 is 14.9 Å². The van der Waals surface area contributed by atoms with Crippen molar-refractivity contribution >= 4 is 12.2 Å². The average molecular weight is 463 g/mol. The van der Waals surface area contributed by atoms with Gasteiger partial charge in [-0.15, -0.1) is 0 Å². The zero-order valence-electron chi connectivity index (χ0n) is 19.0. The molecule has 2 aliphatic rings. The van der Waals surface area contributed by atoms with Gasteiger partial charge in [-0.3, -0.25) is 9.80 Å². The second-order valence-corrected chi connectivity index (χ2v) is 7.94. The Morgan fingerprint density at radius 3 is 2.68 bits per heavy atom. The largest absolute Gasteiger partial charge is 0.494 e. The van der Waals surface area contributed by atoms with Gasteiger partial charge in [0.15, 0.2) is 0 Å². The van der Waals surface area contributed by atoms with Gasteiger partial charge in [-0.25, -0.2) is 10.4 Å². The summed E-state index contributed by atoms with van der Waals surface area (Å²) in [5.41, 5.74) is 5.21. The van der Waals surface area contributed by atoms with E-state index in [-0.39, 0.29) is 24.5 Å². The first kappa shape index (κ1) is 21.9. The molecule has 5 rings (SSSR count). The van der Waals surface area contributed by atoms with E-state index in [1.807, 2.05) is 62.4 Å². The van der Waals surface area contributed by atoms with Crippen molar-refractivity contribution in [3.05, 3.63) is 60.0 Å². The van der Waals surface area contributed by atoms with Gasteiger partial charge in [0.25, 0.3) is 5.91 Å². The second-order valence-electron chi connectivity index (χ2n) is 7.94. The number of nitrogens with one attached hydrogen (secondary N) is 1. The molecule has 1 N–H and O–H groups in total. The third-order valence-corrected chi connectivity index (χ3v) is 5.70. The van der Waals surface area contributed by atoms with Crippen LogP contribution in [-0.2, 0) is 11.3 Å². The number of carbonyl (C=O) groups excluding carboxylic acids is 1. The molecule has 3 aromatic rings. The minimum Gasteiger partial charge on any atom is -0.494 e. The van der Waals surface area contributed by atoms with E-state index >= 15 is 0 Å².